The molecule has 4 aromatic heterocycles. The number of rotatable bonds is 36. The minimum atomic E-state index is 0.494. The molecule has 438 valence electrons. The van der Waals surface area contributed by atoms with Crippen LogP contribution in [-0.4, -0.2) is 38.2 Å². The van der Waals surface area contributed by atoms with E-state index in [1.54, 1.807) is 22.7 Å². The second kappa shape index (κ2) is 32.9. The lowest BCUT2D eigenvalue weighted by molar-refractivity contribution is 0.309. The Balaban J connectivity index is 1.13. The molecular formula is C72H87Br2N5O2S2. The monoisotopic (exact) mass is 1280 g/mol. The van der Waals surface area contributed by atoms with Crippen LogP contribution in [0.3, 0.4) is 0 Å². The fraction of sp³-hybridized carbons (Fsp3) is 0.444. The number of hydrogen-bond acceptors (Lipinski definition) is 8. The first kappa shape index (κ1) is 62.3. The first-order valence-electron chi connectivity index (χ1n) is 31.6. The molecule has 0 saturated carbocycles. The Hall–Kier alpha value is -5.20. The van der Waals surface area contributed by atoms with E-state index in [0.29, 0.717) is 5.92 Å². The summed E-state index contributed by atoms with van der Waals surface area (Å²) >= 11 is 11.1. The highest BCUT2D eigenvalue weighted by Gasteiger charge is 2.28. The van der Waals surface area contributed by atoms with E-state index in [0.717, 1.165) is 152 Å². The first-order valence-corrected chi connectivity index (χ1v) is 34.9. The molecule has 0 bridgehead atoms. The maximum Gasteiger partial charge on any atom is 0.124 e. The van der Waals surface area contributed by atoms with Gasteiger partial charge in [-0.2, -0.15) is 15.0 Å². The second-order valence-corrected chi connectivity index (χ2v) is 27.7. The molecular weight excluding hydrogens is 1190 g/mol. The first-order chi connectivity index (χ1) is 40.8. The molecule has 0 spiro atoms. The third kappa shape index (κ3) is 17.5. The summed E-state index contributed by atoms with van der Waals surface area (Å²) < 4.78 is 14.1. The molecule has 0 aliphatic heterocycles. The lowest BCUT2D eigenvalue weighted by atomic mass is 9.94. The Kier molecular flexibility index (Phi) is 24.7. The van der Waals surface area contributed by atoms with Gasteiger partial charge in [0.05, 0.1) is 38.7 Å². The van der Waals surface area contributed by atoms with Crippen molar-refractivity contribution in [3.05, 3.63) is 129 Å². The summed E-state index contributed by atoms with van der Waals surface area (Å²) in [5.74, 6) is 2.29. The van der Waals surface area contributed by atoms with Crippen LogP contribution in [0.4, 0.5) is 0 Å². The Morgan fingerprint density at radius 2 is 0.699 bits per heavy atom. The molecule has 0 aliphatic rings. The number of aromatic nitrogens is 5. The van der Waals surface area contributed by atoms with E-state index >= 15 is 0 Å². The van der Waals surface area contributed by atoms with Gasteiger partial charge in [0.1, 0.15) is 33.6 Å². The molecule has 7 nitrogen and oxygen atoms in total. The van der Waals surface area contributed by atoms with Crippen LogP contribution in [-0.2, 0) is 6.54 Å². The number of unbranched alkanes of at least 4 members (excludes halogenated alkanes) is 18. The molecule has 1 atom stereocenters. The van der Waals surface area contributed by atoms with Crippen LogP contribution in [0.15, 0.2) is 129 Å². The smallest absolute Gasteiger partial charge is 0.124 e. The lowest BCUT2D eigenvalue weighted by Crippen LogP contribution is -2.14. The second-order valence-electron chi connectivity index (χ2n) is 22.7. The Labute approximate surface area is 520 Å². The molecule has 11 heteroatoms. The van der Waals surface area contributed by atoms with Crippen LogP contribution in [0.25, 0.3) is 87.7 Å². The average molecular weight is 1280 g/mol. The maximum atomic E-state index is 6.02. The van der Waals surface area contributed by atoms with Gasteiger partial charge in [-0.25, -0.2) is 9.97 Å². The van der Waals surface area contributed by atoms with Crippen molar-refractivity contribution in [2.45, 2.75) is 188 Å². The van der Waals surface area contributed by atoms with E-state index in [1.807, 2.05) is 0 Å². The van der Waals surface area contributed by atoms with Crippen LogP contribution in [0.1, 0.15) is 182 Å². The summed E-state index contributed by atoms with van der Waals surface area (Å²) in [5.41, 5.74) is 13.4. The number of thiophene rings is 2. The summed E-state index contributed by atoms with van der Waals surface area (Å²) in [6, 6.07) is 43.2. The maximum absolute atomic E-state index is 6.02. The van der Waals surface area contributed by atoms with Crippen molar-refractivity contribution in [3.63, 3.8) is 0 Å². The third-order valence-electron chi connectivity index (χ3n) is 16.2. The van der Waals surface area contributed by atoms with E-state index in [4.69, 9.17) is 29.6 Å². The fourth-order valence-corrected chi connectivity index (χ4v) is 14.2. The van der Waals surface area contributed by atoms with Crippen LogP contribution in [0.5, 0.6) is 11.5 Å². The molecule has 83 heavy (non-hydrogen) atoms. The van der Waals surface area contributed by atoms with Gasteiger partial charge in [0, 0.05) is 32.0 Å². The van der Waals surface area contributed by atoms with E-state index in [1.165, 1.54) is 128 Å². The zero-order valence-electron chi connectivity index (χ0n) is 49.8. The normalized spacial score (nSPS) is 12.0. The van der Waals surface area contributed by atoms with Crippen molar-refractivity contribution in [1.29, 1.82) is 0 Å². The number of halogens is 2. The van der Waals surface area contributed by atoms with Crippen LogP contribution < -0.4 is 9.47 Å². The van der Waals surface area contributed by atoms with Gasteiger partial charge in [-0.15, -0.1) is 22.7 Å². The average Bonchev–Trinajstić information content (AvgIpc) is 3.67. The summed E-state index contributed by atoms with van der Waals surface area (Å²) in [6.45, 7) is 11.2. The highest BCUT2D eigenvalue weighted by Crippen LogP contribution is 2.48. The standard InChI is InChI=1S/C72H87Br2N5O2S2/c1-5-9-13-15-17-19-20-22-24-26-28-52(27-25-23-21-18-16-14-10-6-2)51-79-77-71-65(61-45-47-63(73)82-61)69-70(66(72(71)78-79)62-46-48-64(74)83-62)76-68(58-35-31-54(32-36-58)56-39-43-60(44-40-56)81-50-12-8-4)67(75-69)57-33-29-53(30-34-57)55-37-41-59(42-38-55)80-49-11-7-3/h29-48,52H,5-28,49-51H2,1-4H3. The van der Waals surface area contributed by atoms with Crippen molar-refractivity contribution in [2.75, 3.05) is 13.2 Å². The third-order valence-corrected chi connectivity index (χ3v) is 19.5. The molecule has 0 aliphatic carbocycles. The number of hydrogen-bond donors (Lipinski definition) is 0. The van der Waals surface area contributed by atoms with E-state index in [-0.39, 0.29) is 0 Å². The number of fused-ring (bicyclic) bond motifs is 2. The molecule has 0 saturated heterocycles. The number of ether oxygens (including phenoxy) is 2. The Morgan fingerprint density at radius 3 is 1.04 bits per heavy atom. The Morgan fingerprint density at radius 1 is 0.373 bits per heavy atom. The van der Waals surface area contributed by atoms with Gasteiger partial charge in [-0.1, -0.05) is 229 Å². The quantitative estimate of drug-likeness (QED) is 0.0364. The molecule has 5 aromatic carbocycles. The van der Waals surface area contributed by atoms with E-state index < -0.39 is 0 Å². The SMILES string of the molecule is CCCCCCCCCCCCC(CCCCCCCCCC)Cn1nc2c(-c3ccc(Br)s3)c3nc(-c4ccc(-c5ccc(OCCCC)cc5)cc4)c(-c4ccc(-c5ccc(OCCCC)cc5)cc4)nc3c(-c3ccc(Br)s3)c2n1. The molecule has 0 N–H and O–H groups in total. The highest BCUT2D eigenvalue weighted by atomic mass is 79.9. The zero-order chi connectivity index (χ0) is 57.6. The van der Waals surface area contributed by atoms with Gasteiger partial charge in [0.15, 0.2) is 0 Å². The topological polar surface area (TPSA) is 75.0 Å². The minimum absolute atomic E-state index is 0.494. The Bertz CT molecular complexity index is 3170. The van der Waals surface area contributed by atoms with Crippen molar-refractivity contribution in [3.8, 4) is 77.1 Å². The number of nitrogens with zero attached hydrogens (tertiary/aromatic N) is 5. The van der Waals surface area contributed by atoms with Crippen molar-refractivity contribution in [2.24, 2.45) is 5.92 Å². The van der Waals surface area contributed by atoms with E-state index in [2.05, 4.69) is 186 Å². The predicted molar refractivity (Wildman–Crippen MR) is 362 cm³/mol. The van der Waals surface area contributed by atoms with Gasteiger partial charge in [-0.3, -0.25) is 0 Å². The van der Waals surface area contributed by atoms with E-state index in [9.17, 15) is 0 Å². The molecule has 1 unspecified atom stereocenters. The van der Waals surface area contributed by atoms with Gasteiger partial charge in [-0.05, 0) is 134 Å². The van der Waals surface area contributed by atoms with Crippen LogP contribution >= 0.6 is 54.5 Å². The van der Waals surface area contributed by atoms with Gasteiger partial charge >= 0.3 is 0 Å². The minimum Gasteiger partial charge on any atom is -0.494 e. The predicted octanol–water partition coefficient (Wildman–Crippen LogP) is 23.8. The van der Waals surface area contributed by atoms with Gasteiger partial charge in [0.2, 0.25) is 0 Å². The number of benzene rings is 5. The summed E-state index contributed by atoms with van der Waals surface area (Å²) in [4.78, 5) is 16.0. The van der Waals surface area contributed by atoms with Crippen molar-refractivity contribution >= 4 is 76.6 Å². The fourth-order valence-electron chi connectivity index (χ4n) is 11.4. The molecule has 0 fully saturated rings. The summed E-state index contributed by atoms with van der Waals surface area (Å²) in [5, 5.41) is 11.2. The van der Waals surface area contributed by atoms with Crippen LogP contribution in [0, 0.1) is 5.92 Å². The van der Waals surface area contributed by atoms with Gasteiger partial charge < -0.3 is 9.47 Å². The van der Waals surface area contributed by atoms with Crippen molar-refractivity contribution < 1.29 is 9.47 Å². The lowest BCUT2D eigenvalue weighted by Gasteiger charge is -2.16. The van der Waals surface area contributed by atoms with Crippen LogP contribution in [0.2, 0.25) is 0 Å². The highest BCUT2D eigenvalue weighted by molar-refractivity contribution is 9.11. The molecule has 9 rings (SSSR count). The van der Waals surface area contributed by atoms with Crippen molar-refractivity contribution in [1.82, 2.24) is 25.0 Å². The molecule has 4 heterocycles. The zero-order valence-corrected chi connectivity index (χ0v) is 54.6. The summed E-state index contributed by atoms with van der Waals surface area (Å²) in [7, 11) is 0. The molecule has 0 radical (unpaired) electrons. The summed E-state index contributed by atoms with van der Waals surface area (Å²) in [6.07, 6.45) is 30.8. The largest absolute Gasteiger partial charge is 0.494 e. The van der Waals surface area contributed by atoms with Gasteiger partial charge in [0.25, 0.3) is 0 Å². The molecule has 9 aromatic rings. The molecule has 0 amide bonds.